The minimum absolute atomic E-state index is 0.00168. The molecule has 1 aliphatic heterocycles. The van der Waals surface area contributed by atoms with E-state index in [0.717, 1.165) is 6.20 Å². The molecule has 1 N–H and O–H groups in total. The summed E-state index contributed by atoms with van der Waals surface area (Å²) in [6.45, 7) is 3.97. The predicted molar refractivity (Wildman–Crippen MR) is 116 cm³/mol. The third kappa shape index (κ3) is 5.48. The Morgan fingerprint density at radius 2 is 1.82 bits per heavy atom. The maximum absolute atomic E-state index is 14.5. The Bertz CT molecular complexity index is 1110. The highest BCUT2D eigenvalue weighted by Crippen LogP contribution is 2.28. The molecule has 33 heavy (non-hydrogen) atoms. The van der Waals surface area contributed by atoms with Crippen LogP contribution in [0.3, 0.4) is 0 Å². The molecule has 0 saturated carbocycles. The van der Waals surface area contributed by atoms with E-state index in [2.05, 4.69) is 30.2 Å². The summed E-state index contributed by atoms with van der Waals surface area (Å²) in [5.74, 6) is 0.0443. The maximum Gasteiger partial charge on any atom is 0.387 e. The smallest absolute Gasteiger partial charge is 0.387 e. The number of alkyl halides is 2. The number of ether oxygens (including phenoxy) is 2. The first-order valence-electron chi connectivity index (χ1n) is 10.4. The molecule has 2 aromatic heterocycles. The van der Waals surface area contributed by atoms with Gasteiger partial charge in [0.15, 0.2) is 17.5 Å². The number of morpholine rings is 1. The van der Waals surface area contributed by atoms with E-state index >= 15 is 0 Å². The van der Waals surface area contributed by atoms with Crippen LogP contribution in [0.2, 0.25) is 0 Å². The van der Waals surface area contributed by atoms with Crippen LogP contribution in [0.25, 0.3) is 11.1 Å². The zero-order valence-electron chi connectivity index (χ0n) is 18.3. The number of nitrogens with zero attached hydrogens (tertiary/aromatic N) is 5. The van der Waals surface area contributed by atoms with Crippen LogP contribution in [0.15, 0.2) is 36.5 Å². The number of hydrogen-bond donors (Lipinski definition) is 1. The number of halogens is 3. The average molecular weight is 460 g/mol. The third-order valence-corrected chi connectivity index (χ3v) is 5.05. The van der Waals surface area contributed by atoms with Crippen LogP contribution < -0.4 is 15.0 Å². The molecule has 0 bridgehead atoms. The second kappa shape index (κ2) is 9.57. The maximum atomic E-state index is 14.5. The number of aryl methyl sites for hydroxylation is 1. The summed E-state index contributed by atoms with van der Waals surface area (Å²) < 4.78 is 49.4. The van der Waals surface area contributed by atoms with Crippen LogP contribution in [0, 0.1) is 12.7 Å². The van der Waals surface area contributed by atoms with Crippen molar-refractivity contribution in [3.8, 4) is 16.9 Å². The molecular weight excluding hydrogens is 437 g/mol. The highest BCUT2D eigenvalue weighted by molar-refractivity contribution is 5.70. The standard InChI is InChI=1S/C22H23F3N6O2/c1-12-10-31(11-13(2)32-12)22-26-9-18(23)20(28-22)27-19-8-17(14(3)29-30-19)15-4-6-16(7-5-15)33-21(24)25/h4-9,12-13,21H,10-11H2,1-3H3,(H,26,27,28,30)/t12-,13+. The molecule has 1 aromatic carbocycles. The summed E-state index contributed by atoms with van der Waals surface area (Å²) in [4.78, 5) is 10.4. The van der Waals surface area contributed by atoms with Crippen molar-refractivity contribution in [2.45, 2.75) is 39.6 Å². The summed E-state index contributed by atoms with van der Waals surface area (Å²) >= 11 is 0. The molecule has 11 heteroatoms. The van der Waals surface area contributed by atoms with Crippen LogP contribution in [0.5, 0.6) is 5.75 Å². The second-order valence-electron chi connectivity index (χ2n) is 7.79. The summed E-state index contributed by atoms with van der Waals surface area (Å²) in [5.41, 5.74) is 2.03. The number of anilines is 3. The fraction of sp³-hybridized carbons (Fsp3) is 0.364. The molecule has 1 fully saturated rings. The Hall–Kier alpha value is -3.47. The van der Waals surface area contributed by atoms with Crippen molar-refractivity contribution in [1.82, 2.24) is 20.2 Å². The van der Waals surface area contributed by atoms with Crippen molar-refractivity contribution >= 4 is 17.6 Å². The predicted octanol–water partition coefficient (Wildman–Crippen LogP) is 4.34. The Morgan fingerprint density at radius 1 is 1.12 bits per heavy atom. The molecule has 1 aliphatic rings. The third-order valence-electron chi connectivity index (χ3n) is 5.05. The molecular formula is C22H23F3N6O2. The van der Waals surface area contributed by atoms with E-state index in [9.17, 15) is 13.2 Å². The Labute approximate surface area is 188 Å². The summed E-state index contributed by atoms with van der Waals surface area (Å²) in [6.07, 6.45) is 1.11. The topological polar surface area (TPSA) is 85.3 Å². The van der Waals surface area contributed by atoms with Gasteiger partial charge in [-0.1, -0.05) is 12.1 Å². The van der Waals surface area contributed by atoms with E-state index in [0.29, 0.717) is 35.9 Å². The van der Waals surface area contributed by atoms with Crippen molar-refractivity contribution in [2.75, 3.05) is 23.3 Å². The van der Waals surface area contributed by atoms with Crippen molar-refractivity contribution < 1.29 is 22.6 Å². The number of rotatable bonds is 6. The van der Waals surface area contributed by atoms with Crippen molar-refractivity contribution in [3.63, 3.8) is 0 Å². The van der Waals surface area contributed by atoms with Crippen LogP contribution in [-0.2, 0) is 4.74 Å². The first-order chi connectivity index (χ1) is 15.8. The van der Waals surface area contributed by atoms with E-state index in [4.69, 9.17) is 4.74 Å². The molecule has 0 radical (unpaired) electrons. The van der Waals surface area contributed by atoms with Gasteiger partial charge in [0.2, 0.25) is 5.95 Å². The molecule has 0 spiro atoms. The zero-order valence-corrected chi connectivity index (χ0v) is 18.3. The lowest BCUT2D eigenvalue weighted by atomic mass is 10.1. The first kappa shape index (κ1) is 22.7. The number of nitrogens with one attached hydrogen (secondary N) is 1. The zero-order chi connectivity index (χ0) is 23.5. The van der Waals surface area contributed by atoms with E-state index in [-0.39, 0.29) is 29.6 Å². The van der Waals surface area contributed by atoms with Crippen molar-refractivity contribution in [3.05, 3.63) is 48.0 Å². The first-order valence-corrected chi connectivity index (χ1v) is 10.4. The second-order valence-corrected chi connectivity index (χ2v) is 7.79. The van der Waals surface area contributed by atoms with Gasteiger partial charge in [-0.2, -0.15) is 18.9 Å². The molecule has 3 heterocycles. The largest absolute Gasteiger partial charge is 0.435 e. The molecule has 0 aliphatic carbocycles. The van der Waals surface area contributed by atoms with Crippen LogP contribution in [0.1, 0.15) is 19.5 Å². The van der Waals surface area contributed by atoms with Crippen molar-refractivity contribution in [2.24, 2.45) is 0 Å². The Morgan fingerprint density at radius 3 is 2.48 bits per heavy atom. The molecule has 8 nitrogen and oxygen atoms in total. The minimum atomic E-state index is -2.90. The van der Waals surface area contributed by atoms with Gasteiger partial charge in [0, 0.05) is 18.7 Å². The molecule has 1 saturated heterocycles. The molecule has 2 atom stereocenters. The molecule has 0 unspecified atom stereocenters. The average Bonchev–Trinajstić information content (AvgIpc) is 2.76. The summed E-state index contributed by atoms with van der Waals surface area (Å²) in [6, 6.07) is 7.83. The highest BCUT2D eigenvalue weighted by atomic mass is 19.3. The molecule has 0 amide bonds. The van der Waals surface area contributed by atoms with Crippen LogP contribution in [-0.4, -0.2) is 52.1 Å². The van der Waals surface area contributed by atoms with Gasteiger partial charge < -0.3 is 19.7 Å². The fourth-order valence-electron chi connectivity index (χ4n) is 3.68. The summed E-state index contributed by atoms with van der Waals surface area (Å²) in [5, 5.41) is 11.1. The highest BCUT2D eigenvalue weighted by Gasteiger charge is 2.25. The number of aromatic nitrogens is 4. The number of benzene rings is 1. The Kier molecular flexibility index (Phi) is 6.59. The van der Waals surface area contributed by atoms with E-state index < -0.39 is 12.4 Å². The molecule has 174 valence electrons. The lowest BCUT2D eigenvalue weighted by Crippen LogP contribution is -2.46. The van der Waals surface area contributed by atoms with Crippen LogP contribution >= 0.6 is 0 Å². The van der Waals surface area contributed by atoms with Gasteiger partial charge in [0.1, 0.15) is 5.75 Å². The molecule has 4 rings (SSSR count). The van der Waals surface area contributed by atoms with Crippen LogP contribution in [0.4, 0.5) is 30.8 Å². The fourth-order valence-corrected chi connectivity index (χ4v) is 3.68. The van der Waals surface area contributed by atoms with E-state index in [1.54, 1.807) is 25.1 Å². The lowest BCUT2D eigenvalue weighted by molar-refractivity contribution is -0.0498. The van der Waals surface area contributed by atoms with Gasteiger partial charge >= 0.3 is 6.61 Å². The van der Waals surface area contributed by atoms with E-state index in [1.165, 1.54) is 12.1 Å². The van der Waals surface area contributed by atoms with Gasteiger partial charge in [0.05, 0.1) is 24.1 Å². The van der Waals surface area contributed by atoms with Gasteiger partial charge in [-0.25, -0.2) is 9.37 Å². The minimum Gasteiger partial charge on any atom is -0.435 e. The number of hydrogen-bond acceptors (Lipinski definition) is 8. The van der Waals surface area contributed by atoms with Crippen molar-refractivity contribution in [1.29, 1.82) is 0 Å². The quantitative estimate of drug-likeness (QED) is 0.582. The monoisotopic (exact) mass is 460 g/mol. The van der Waals surface area contributed by atoms with Gasteiger partial charge in [-0.15, -0.1) is 5.10 Å². The van der Waals surface area contributed by atoms with E-state index in [1.807, 2.05) is 18.7 Å². The molecule has 3 aromatic rings. The SMILES string of the molecule is Cc1nnc(Nc2nc(N3C[C@@H](C)O[C@@H](C)C3)ncc2F)cc1-c1ccc(OC(F)F)cc1. The lowest BCUT2D eigenvalue weighted by Gasteiger charge is -2.35. The van der Waals surface area contributed by atoms with Gasteiger partial charge in [-0.3, -0.25) is 0 Å². The van der Waals surface area contributed by atoms with Gasteiger partial charge in [0.25, 0.3) is 0 Å². The normalized spacial score (nSPS) is 18.5. The summed E-state index contributed by atoms with van der Waals surface area (Å²) in [7, 11) is 0. The Balaban J connectivity index is 1.57. The van der Waals surface area contributed by atoms with Gasteiger partial charge in [-0.05, 0) is 44.5 Å².